The molecule has 0 aromatic heterocycles. The summed E-state index contributed by atoms with van der Waals surface area (Å²) in [4.78, 5) is 10.5. The highest BCUT2D eigenvalue weighted by molar-refractivity contribution is 5.66. The highest BCUT2D eigenvalue weighted by Crippen LogP contribution is 2.45. The molecule has 0 amide bonds. The minimum atomic E-state index is -0.726. The molecule has 0 aromatic carbocycles. The predicted molar refractivity (Wildman–Crippen MR) is 96.8 cm³/mol. The number of rotatable bonds is 15. The van der Waals surface area contributed by atoms with Crippen LogP contribution in [0.3, 0.4) is 0 Å². The monoisotopic (exact) mass is 356 g/mol. The van der Waals surface area contributed by atoms with Crippen LogP contribution >= 0.6 is 0 Å². The Hall–Kier alpha value is -0.650. The smallest absolute Gasteiger partial charge is 0.303 e. The Morgan fingerprint density at radius 3 is 2.44 bits per heavy atom. The fourth-order valence-corrected chi connectivity index (χ4v) is 4.15. The van der Waals surface area contributed by atoms with Crippen molar-refractivity contribution in [2.75, 3.05) is 26.4 Å². The summed E-state index contributed by atoms with van der Waals surface area (Å²) in [7, 11) is 0. The Morgan fingerprint density at radius 1 is 0.960 bits per heavy atom. The minimum Gasteiger partial charge on any atom is -0.481 e. The van der Waals surface area contributed by atoms with Gasteiger partial charge in [0.05, 0.1) is 18.8 Å². The van der Waals surface area contributed by atoms with E-state index in [4.69, 9.17) is 19.3 Å². The maximum atomic E-state index is 10.5. The van der Waals surface area contributed by atoms with Crippen molar-refractivity contribution >= 4 is 5.97 Å². The number of unbranched alkanes of at least 4 members (excludes halogenated alkanes) is 4. The van der Waals surface area contributed by atoms with Gasteiger partial charge in [-0.3, -0.25) is 4.79 Å². The summed E-state index contributed by atoms with van der Waals surface area (Å²) in [6, 6.07) is 0. The molecule has 0 aliphatic carbocycles. The van der Waals surface area contributed by atoms with Crippen LogP contribution in [0.4, 0.5) is 0 Å². The summed E-state index contributed by atoms with van der Waals surface area (Å²) >= 11 is 0. The van der Waals surface area contributed by atoms with E-state index >= 15 is 0 Å². The number of fused-ring (bicyclic) bond motifs is 2. The van der Waals surface area contributed by atoms with Gasteiger partial charge in [-0.25, -0.2) is 0 Å². The van der Waals surface area contributed by atoms with E-state index < -0.39 is 5.97 Å². The van der Waals surface area contributed by atoms with E-state index in [-0.39, 0.29) is 6.42 Å². The molecule has 2 heterocycles. The maximum absolute atomic E-state index is 10.5. The van der Waals surface area contributed by atoms with Crippen LogP contribution in [0.15, 0.2) is 0 Å². The summed E-state index contributed by atoms with van der Waals surface area (Å²) in [5, 5.41) is 8.64. The molecule has 4 atom stereocenters. The second kappa shape index (κ2) is 11.9. The number of hydrogen-bond acceptors (Lipinski definition) is 4. The summed E-state index contributed by atoms with van der Waals surface area (Å²) in [5.74, 6) is 0.326. The molecule has 2 rings (SSSR count). The van der Waals surface area contributed by atoms with Gasteiger partial charge < -0.3 is 19.3 Å². The lowest BCUT2D eigenvalue weighted by Gasteiger charge is -2.27. The summed E-state index contributed by atoms with van der Waals surface area (Å²) in [5.41, 5.74) is 0. The van der Waals surface area contributed by atoms with Crippen molar-refractivity contribution in [2.24, 2.45) is 11.8 Å². The molecular formula is C20H36O5. The van der Waals surface area contributed by atoms with Crippen LogP contribution in [0.1, 0.15) is 71.1 Å². The average molecular weight is 357 g/mol. The van der Waals surface area contributed by atoms with E-state index in [0.29, 0.717) is 37.1 Å². The van der Waals surface area contributed by atoms with Crippen molar-refractivity contribution < 1.29 is 24.1 Å². The van der Waals surface area contributed by atoms with Crippen LogP contribution < -0.4 is 0 Å². The molecule has 5 nitrogen and oxygen atoms in total. The molecular weight excluding hydrogens is 320 g/mol. The molecule has 2 bridgehead atoms. The van der Waals surface area contributed by atoms with Crippen molar-refractivity contribution in [3.05, 3.63) is 0 Å². The Morgan fingerprint density at radius 2 is 1.68 bits per heavy atom. The fraction of sp³-hybridized carbons (Fsp3) is 0.950. The first-order valence-corrected chi connectivity index (χ1v) is 10.2. The van der Waals surface area contributed by atoms with Gasteiger partial charge in [-0.15, -0.1) is 0 Å². The standard InChI is InChI=1S/C20H36O5/c1-2-3-4-6-12-23-14-11-16-17(19-10-9-18(16)25-19)15-24-13-7-5-8-20(21)22/h16-19H,2-15H2,1H3,(H,21,22). The Labute approximate surface area is 152 Å². The quantitative estimate of drug-likeness (QED) is 0.449. The SMILES string of the molecule is CCCCCCOCCC1C2CCC(O2)C1COCCCCC(=O)O. The van der Waals surface area contributed by atoms with Crippen molar-refractivity contribution in [1.82, 2.24) is 0 Å². The first kappa shape index (κ1) is 20.7. The zero-order valence-corrected chi connectivity index (χ0v) is 15.8. The predicted octanol–water partition coefficient (Wildman–Crippen LogP) is 4.04. The largest absolute Gasteiger partial charge is 0.481 e. The molecule has 0 radical (unpaired) electrons. The van der Waals surface area contributed by atoms with E-state index in [2.05, 4.69) is 6.92 Å². The highest BCUT2D eigenvalue weighted by atomic mass is 16.5. The van der Waals surface area contributed by atoms with Gasteiger partial charge >= 0.3 is 5.97 Å². The summed E-state index contributed by atoms with van der Waals surface area (Å²) in [6.07, 6.45) is 10.9. The first-order chi connectivity index (χ1) is 12.2. The van der Waals surface area contributed by atoms with Gasteiger partial charge in [0.15, 0.2) is 0 Å². The number of carboxylic acids is 1. The third-order valence-corrected chi connectivity index (χ3v) is 5.57. The lowest BCUT2D eigenvalue weighted by atomic mass is 9.78. The molecule has 2 aliphatic heterocycles. The van der Waals surface area contributed by atoms with E-state index in [9.17, 15) is 4.79 Å². The third-order valence-electron chi connectivity index (χ3n) is 5.57. The van der Waals surface area contributed by atoms with Crippen LogP contribution in [0, 0.1) is 11.8 Å². The van der Waals surface area contributed by atoms with Gasteiger partial charge in [0.25, 0.3) is 0 Å². The lowest BCUT2D eigenvalue weighted by molar-refractivity contribution is -0.137. The van der Waals surface area contributed by atoms with Gasteiger partial charge in [0, 0.05) is 32.2 Å². The highest BCUT2D eigenvalue weighted by Gasteiger charge is 2.48. The molecule has 0 aromatic rings. The second-order valence-corrected chi connectivity index (χ2v) is 7.51. The summed E-state index contributed by atoms with van der Waals surface area (Å²) < 4.78 is 17.8. The average Bonchev–Trinajstić information content (AvgIpc) is 3.19. The Bertz CT molecular complexity index is 373. The van der Waals surface area contributed by atoms with Gasteiger partial charge in [0.1, 0.15) is 0 Å². The van der Waals surface area contributed by atoms with Crippen LogP contribution in [-0.2, 0) is 19.0 Å². The van der Waals surface area contributed by atoms with Crippen molar-refractivity contribution in [3.63, 3.8) is 0 Å². The molecule has 0 saturated carbocycles. The van der Waals surface area contributed by atoms with E-state index in [1.165, 1.54) is 32.1 Å². The number of aliphatic carboxylic acids is 1. The molecule has 25 heavy (non-hydrogen) atoms. The molecule has 2 saturated heterocycles. The van der Waals surface area contributed by atoms with Crippen LogP contribution in [-0.4, -0.2) is 49.7 Å². The lowest BCUT2D eigenvalue weighted by Crippen LogP contribution is -2.31. The zero-order valence-electron chi connectivity index (χ0n) is 15.8. The molecule has 146 valence electrons. The number of carbonyl (C=O) groups is 1. The van der Waals surface area contributed by atoms with Crippen molar-refractivity contribution in [2.45, 2.75) is 83.3 Å². The Kier molecular flexibility index (Phi) is 9.81. The van der Waals surface area contributed by atoms with Crippen LogP contribution in [0.5, 0.6) is 0 Å². The molecule has 5 heteroatoms. The number of hydrogen-bond donors (Lipinski definition) is 1. The van der Waals surface area contributed by atoms with Crippen LogP contribution in [0.25, 0.3) is 0 Å². The summed E-state index contributed by atoms with van der Waals surface area (Å²) in [6.45, 7) is 5.34. The van der Waals surface area contributed by atoms with Gasteiger partial charge in [-0.1, -0.05) is 26.2 Å². The Balaban J connectivity index is 1.57. The molecule has 0 spiro atoms. The van der Waals surface area contributed by atoms with Crippen molar-refractivity contribution in [1.29, 1.82) is 0 Å². The fourth-order valence-electron chi connectivity index (χ4n) is 4.15. The molecule has 4 unspecified atom stereocenters. The normalized spacial score (nSPS) is 27.9. The van der Waals surface area contributed by atoms with E-state index in [0.717, 1.165) is 39.1 Å². The van der Waals surface area contributed by atoms with E-state index in [1.54, 1.807) is 0 Å². The van der Waals surface area contributed by atoms with Gasteiger partial charge in [-0.05, 0) is 44.4 Å². The van der Waals surface area contributed by atoms with Crippen molar-refractivity contribution in [3.8, 4) is 0 Å². The minimum absolute atomic E-state index is 0.235. The number of ether oxygens (including phenoxy) is 3. The topological polar surface area (TPSA) is 65.0 Å². The van der Waals surface area contributed by atoms with Gasteiger partial charge in [0.2, 0.25) is 0 Å². The van der Waals surface area contributed by atoms with Gasteiger partial charge in [-0.2, -0.15) is 0 Å². The second-order valence-electron chi connectivity index (χ2n) is 7.51. The number of carboxylic acid groups (broad SMARTS) is 1. The molecule has 2 aliphatic rings. The molecule has 2 fully saturated rings. The van der Waals surface area contributed by atoms with E-state index in [1.807, 2.05) is 0 Å². The first-order valence-electron chi connectivity index (χ1n) is 10.2. The molecule has 1 N–H and O–H groups in total. The van der Waals surface area contributed by atoms with Crippen LogP contribution in [0.2, 0.25) is 0 Å². The zero-order chi connectivity index (χ0) is 17.9. The maximum Gasteiger partial charge on any atom is 0.303 e. The third kappa shape index (κ3) is 7.24.